The molecule has 1 aliphatic rings. The number of piperidine rings is 1. The average Bonchev–Trinajstić information content (AvgIpc) is 2.39. The Hall–Kier alpha value is -1.39. The molecule has 1 fully saturated rings. The fourth-order valence-corrected chi connectivity index (χ4v) is 2.35. The summed E-state index contributed by atoms with van der Waals surface area (Å²) in [5, 5.41) is 0. The Balaban J connectivity index is 2.63. The molecule has 5 heteroatoms. The number of likely N-dealkylation sites (tertiary alicyclic amines) is 1. The number of carbonyl (C=O) groups excluding carboxylic acids is 3. The van der Waals surface area contributed by atoms with Crippen LogP contribution in [0, 0.1) is 0 Å². The molecule has 0 bridgehead atoms. The first kappa shape index (κ1) is 15.7. The van der Waals surface area contributed by atoms with Crippen molar-refractivity contribution in [1.82, 2.24) is 4.90 Å². The molecule has 1 aliphatic heterocycles. The van der Waals surface area contributed by atoms with Crippen LogP contribution in [-0.2, 0) is 19.1 Å². The Kier molecular flexibility index (Phi) is 6.53. The second-order valence-electron chi connectivity index (χ2n) is 4.82. The predicted octanol–water partition coefficient (Wildman–Crippen LogP) is 1.69. The van der Waals surface area contributed by atoms with Crippen LogP contribution in [0.25, 0.3) is 0 Å². The van der Waals surface area contributed by atoms with Crippen LogP contribution < -0.4 is 0 Å². The highest BCUT2D eigenvalue weighted by Crippen LogP contribution is 2.19. The molecular weight excluding hydrogens is 246 g/mol. The van der Waals surface area contributed by atoms with E-state index in [2.05, 4.69) is 0 Å². The summed E-state index contributed by atoms with van der Waals surface area (Å²) >= 11 is 0. The smallest absolute Gasteiger partial charge is 0.328 e. The van der Waals surface area contributed by atoms with E-state index in [-0.39, 0.29) is 24.1 Å². The number of esters is 1. The van der Waals surface area contributed by atoms with Crippen molar-refractivity contribution in [2.75, 3.05) is 13.2 Å². The summed E-state index contributed by atoms with van der Waals surface area (Å²) in [5.41, 5.74) is 0. The van der Waals surface area contributed by atoms with E-state index in [1.807, 2.05) is 6.92 Å². The first-order chi connectivity index (χ1) is 9.10. The summed E-state index contributed by atoms with van der Waals surface area (Å²) in [5.74, 6) is -0.643. The quantitative estimate of drug-likeness (QED) is 0.544. The minimum Gasteiger partial charge on any atom is -0.464 e. The number of Topliss-reactive ketones (excluding diaryl/α,β-unsaturated/α-hetero) is 1. The summed E-state index contributed by atoms with van der Waals surface area (Å²) in [6.07, 6.45) is 3.49. The van der Waals surface area contributed by atoms with E-state index in [9.17, 15) is 14.4 Å². The molecule has 5 nitrogen and oxygen atoms in total. The van der Waals surface area contributed by atoms with Crippen LogP contribution >= 0.6 is 0 Å². The predicted molar refractivity (Wildman–Crippen MR) is 70.5 cm³/mol. The number of nitrogens with zero attached hydrogens (tertiary/aromatic N) is 1. The van der Waals surface area contributed by atoms with Gasteiger partial charge in [0.05, 0.1) is 13.0 Å². The highest BCUT2D eigenvalue weighted by atomic mass is 16.5. The van der Waals surface area contributed by atoms with Gasteiger partial charge in [0.25, 0.3) is 0 Å². The van der Waals surface area contributed by atoms with E-state index in [0.717, 1.165) is 19.3 Å². The van der Waals surface area contributed by atoms with E-state index in [1.165, 1.54) is 4.90 Å². The number of ketones is 1. The van der Waals surface area contributed by atoms with Gasteiger partial charge in [-0.1, -0.05) is 6.92 Å². The van der Waals surface area contributed by atoms with Crippen molar-refractivity contribution in [2.24, 2.45) is 0 Å². The molecule has 1 saturated heterocycles. The van der Waals surface area contributed by atoms with Crippen LogP contribution in [0.1, 0.15) is 52.4 Å². The lowest BCUT2D eigenvalue weighted by Crippen LogP contribution is -2.49. The van der Waals surface area contributed by atoms with Gasteiger partial charge in [-0.25, -0.2) is 4.79 Å². The third kappa shape index (κ3) is 4.65. The van der Waals surface area contributed by atoms with E-state index >= 15 is 0 Å². The van der Waals surface area contributed by atoms with Gasteiger partial charge in [0.2, 0.25) is 5.91 Å². The Morgan fingerprint density at radius 1 is 1.21 bits per heavy atom. The first-order valence-electron chi connectivity index (χ1n) is 7.08. The molecule has 1 atom stereocenters. The van der Waals surface area contributed by atoms with Crippen molar-refractivity contribution < 1.29 is 19.1 Å². The maximum absolute atomic E-state index is 12.1. The zero-order valence-electron chi connectivity index (χ0n) is 11.8. The van der Waals surface area contributed by atoms with E-state index < -0.39 is 6.04 Å². The molecule has 0 spiro atoms. The van der Waals surface area contributed by atoms with E-state index in [0.29, 0.717) is 26.0 Å². The minimum absolute atomic E-state index is 0.0549. The van der Waals surface area contributed by atoms with E-state index in [4.69, 9.17) is 4.74 Å². The first-order valence-corrected chi connectivity index (χ1v) is 7.08. The maximum Gasteiger partial charge on any atom is 0.328 e. The molecule has 0 N–H and O–H groups in total. The van der Waals surface area contributed by atoms with Gasteiger partial charge in [0.15, 0.2) is 0 Å². The van der Waals surface area contributed by atoms with Gasteiger partial charge in [-0.2, -0.15) is 0 Å². The number of hydrogen-bond acceptors (Lipinski definition) is 4. The fraction of sp³-hybridized carbons (Fsp3) is 0.786. The summed E-state index contributed by atoms with van der Waals surface area (Å²) in [7, 11) is 0. The molecule has 0 aliphatic carbocycles. The van der Waals surface area contributed by atoms with Crippen molar-refractivity contribution in [2.45, 2.75) is 58.4 Å². The Labute approximate surface area is 114 Å². The van der Waals surface area contributed by atoms with Crippen molar-refractivity contribution in [3.05, 3.63) is 0 Å². The summed E-state index contributed by atoms with van der Waals surface area (Å²) in [6, 6.07) is -0.504. The normalized spacial score (nSPS) is 19.1. The second kappa shape index (κ2) is 7.92. The average molecular weight is 269 g/mol. The van der Waals surface area contributed by atoms with Gasteiger partial charge in [0.1, 0.15) is 11.8 Å². The molecule has 108 valence electrons. The number of hydrogen-bond donors (Lipinski definition) is 0. The van der Waals surface area contributed by atoms with Crippen molar-refractivity contribution in [3.8, 4) is 0 Å². The van der Waals surface area contributed by atoms with Crippen LogP contribution in [0.3, 0.4) is 0 Å². The molecular formula is C14H23NO4. The topological polar surface area (TPSA) is 63.7 Å². The second-order valence-corrected chi connectivity index (χ2v) is 4.82. The Bertz CT molecular complexity index is 340. The van der Waals surface area contributed by atoms with Crippen molar-refractivity contribution in [1.29, 1.82) is 0 Å². The lowest BCUT2D eigenvalue weighted by Gasteiger charge is -2.33. The molecule has 0 saturated carbocycles. The van der Waals surface area contributed by atoms with Crippen LogP contribution in [0.2, 0.25) is 0 Å². The molecule has 1 unspecified atom stereocenters. The van der Waals surface area contributed by atoms with E-state index in [1.54, 1.807) is 6.92 Å². The fourth-order valence-electron chi connectivity index (χ4n) is 2.35. The van der Waals surface area contributed by atoms with Crippen LogP contribution in [-0.4, -0.2) is 41.8 Å². The lowest BCUT2D eigenvalue weighted by molar-refractivity contribution is -0.157. The van der Waals surface area contributed by atoms with Crippen LogP contribution in [0.4, 0.5) is 0 Å². The minimum atomic E-state index is -0.504. The number of amides is 1. The molecule has 0 aromatic heterocycles. The number of carbonyl (C=O) groups is 3. The van der Waals surface area contributed by atoms with Gasteiger partial charge in [-0.05, 0) is 32.6 Å². The summed E-state index contributed by atoms with van der Waals surface area (Å²) in [4.78, 5) is 37.0. The van der Waals surface area contributed by atoms with Gasteiger partial charge >= 0.3 is 5.97 Å². The standard InChI is InChI=1S/C14H23NO4/c1-3-7-11(16)10-13(17)15-9-6-5-8-12(15)14(18)19-4-2/h12H,3-10H2,1-2H3. The third-order valence-corrected chi connectivity index (χ3v) is 3.26. The number of ether oxygens (including phenoxy) is 1. The van der Waals surface area contributed by atoms with Gasteiger partial charge in [0, 0.05) is 13.0 Å². The molecule has 0 aromatic carbocycles. The zero-order chi connectivity index (χ0) is 14.3. The molecule has 0 aromatic rings. The van der Waals surface area contributed by atoms with Gasteiger partial charge in [-0.3, -0.25) is 9.59 Å². The maximum atomic E-state index is 12.1. The molecule has 1 rings (SSSR count). The zero-order valence-corrected chi connectivity index (χ0v) is 11.8. The van der Waals surface area contributed by atoms with Crippen LogP contribution in [0.15, 0.2) is 0 Å². The molecule has 19 heavy (non-hydrogen) atoms. The monoisotopic (exact) mass is 269 g/mol. The largest absolute Gasteiger partial charge is 0.464 e. The summed E-state index contributed by atoms with van der Waals surface area (Å²) < 4.78 is 5.00. The SMILES string of the molecule is CCCC(=O)CC(=O)N1CCCCC1C(=O)OCC. The highest BCUT2D eigenvalue weighted by molar-refractivity contribution is 5.99. The van der Waals surface area contributed by atoms with Gasteiger partial charge < -0.3 is 9.64 Å². The van der Waals surface area contributed by atoms with Crippen molar-refractivity contribution in [3.63, 3.8) is 0 Å². The summed E-state index contributed by atoms with van der Waals surface area (Å²) in [6.45, 7) is 4.51. The molecule has 0 radical (unpaired) electrons. The highest BCUT2D eigenvalue weighted by Gasteiger charge is 2.33. The Morgan fingerprint density at radius 2 is 1.95 bits per heavy atom. The third-order valence-electron chi connectivity index (χ3n) is 3.26. The van der Waals surface area contributed by atoms with Crippen LogP contribution in [0.5, 0.6) is 0 Å². The lowest BCUT2D eigenvalue weighted by atomic mass is 10.0. The molecule has 1 amide bonds. The number of rotatable bonds is 6. The van der Waals surface area contributed by atoms with Crippen molar-refractivity contribution >= 4 is 17.7 Å². The Morgan fingerprint density at radius 3 is 2.58 bits per heavy atom. The molecule has 1 heterocycles. The van der Waals surface area contributed by atoms with Gasteiger partial charge in [-0.15, -0.1) is 0 Å².